The third-order valence-electron chi connectivity index (χ3n) is 10.4. The number of allylic oxidation sites excluding steroid dienone is 3. The Morgan fingerprint density at radius 1 is 0.800 bits per heavy atom. The smallest absolute Gasteiger partial charge is 0.372 e. The lowest BCUT2D eigenvalue weighted by molar-refractivity contribution is -0.144. The summed E-state index contributed by atoms with van der Waals surface area (Å²) in [6.45, 7) is 13.6. The van der Waals surface area contributed by atoms with E-state index in [4.69, 9.17) is 0 Å². The average Bonchev–Trinajstić information content (AvgIpc) is 3.42. The fourth-order valence-corrected chi connectivity index (χ4v) is 7.35. The van der Waals surface area contributed by atoms with Crippen molar-refractivity contribution in [2.75, 3.05) is 29.9 Å². The number of halogens is 3. The molecule has 2 heterocycles. The summed E-state index contributed by atoms with van der Waals surface area (Å²) in [5, 5.41) is 36.6. The minimum atomic E-state index is -5.07. The molecule has 304 valence electrons. The van der Waals surface area contributed by atoms with Crippen molar-refractivity contribution in [1.82, 2.24) is 4.90 Å². The Hall–Kier alpha value is -7.30. The summed E-state index contributed by atoms with van der Waals surface area (Å²) in [5.41, 5.74) is 4.00. The number of rotatable bonds is 8. The maximum atomic E-state index is 14.1. The van der Waals surface area contributed by atoms with Gasteiger partial charge in [-0.15, -0.1) is 5.11 Å². The monoisotopic (exact) mass is 808 g/mol. The van der Waals surface area contributed by atoms with E-state index in [1.54, 1.807) is 49.5 Å². The zero-order valence-electron chi connectivity index (χ0n) is 34.4. The van der Waals surface area contributed by atoms with E-state index >= 15 is 0 Å². The van der Waals surface area contributed by atoms with Crippen LogP contribution in [0.3, 0.4) is 0 Å². The number of anilines is 2. The van der Waals surface area contributed by atoms with Crippen LogP contribution in [0.5, 0.6) is 0 Å². The number of fused-ring (bicyclic) bond motifs is 1. The van der Waals surface area contributed by atoms with Gasteiger partial charge < -0.3 is 9.80 Å². The number of carbonyl (C=O) groups excluding carboxylic acids is 2. The number of aryl methyl sites for hydroxylation is 2. The molecule has 0 unspecified atom stereocenters. The van der Waals surface area contributed by atoms with Gasteiger partial charge in [0.15, 0.2) is 0 Å². The molecule has 0 N–H and O–H groups in total. The summed E-state index contributed by atoms with van der Waals surface area (Å²) in [6.07, 6.45) is -2.53. The molecule has 0 fully saturated rings. The minimum absolute atomic E-state index is 0.250. The van der Waals surface area contributed by atoms with Gasteiger partial charge in [-0.05, 0) is 98.5 Å². The van der Waals surface area contributed by atoms with Crippen molar-refractivity contribution in [3.05, 3.63) is 153 Å². The lowest BCUT2D eigenvalue weighted by atomic mass is 9.83. The normalized spacial score (nSPS) is 16.1. The number of imide groups is 1. The van der Waals surface area contributed by atoms with Crippen LogP contribution in [0.2, 0.25) is 0 Å². The first-order valence-corrected chi connectivity index (χ1v) is 19.1. The Labute approximate surface area is 348 Å². The fraction of sp³-hybridized carbons (Fsp3) is 0.255. The molecule has 0 atom stereocenters. The van der Waals surface area contributed by atoms with E-state index in [1.807, 2.05) is 69.0 Å². The standard InChI is InChI=1S/C27H22F3N3O2.C20H21N5/c1-26(2)20-11-7-8-12-21(20)32(3)22(26)14-13-18-23(27(28,29)30)19(15-31)25(35)33(24(18)34)16-17-9-5-4-6-10-17;1-5-25(6-2)18-7-8-19(15(4)11-18)23-24-20-16(12-21)9-14(3)10-17(20)13-22/h4-14H,16H2,1-3H3;7-11H,5-6H2,1-4H3/b18-13-,22-14?;. The minimum Gasteiger partial charge on any atom is -0.372 e. The molecular formula is C47H43F3N8O2. The predicted octanol–water partition coefficient (Wildman–Crippen LogP) is 10.5. The van der Waals surface area contributed by atoms with Gasteiger partial charge in [-0.2, -0.15) is 34.1 Å². The summed E-state index contributed by atoms with van der Waals surface area (Å²) in [4.78, 5) is 30.9. The van der Waals surface area contributed by atoms with Crippen LogP contribution in [0.4, 0.5) is 35.9 Å². The summed E-state index contributed by atoms with van der Waals surface area (Å²) in [7, 11) is 1.80. The first-order valence-electron chi connectivity index (χ1n) is 19.1. The highest BCUT2D eigenvalue weighted by Gasteiger charge is 2.49. The Balaban J connectivity index is 0.000000241. The topological polar surface area (TPSA) is 140 Å². The van der Waals surface area contributed by atoms with E-state index in [0.29, 0.717) is 33.0 Å². The summed E-state index contributed by atoms with van der Waals surface area (Å²) in [5.74, 6) is -2.36. The quantitative estimate of drug-likeness (QED) is 0.0980. The molecule has 2 aliphatic rings. The Morgan fingerprint density at radius 2 is 1.42 bits per heavy atom. The van der Waals surface area contributed by atoms with E-state index in [2.05, 4.69) is 47.2 Å². The van der Waals surface area contributed by atoms with Crippen LogP contribution in [0.15, 0.2) is 130 Å². The van der Waals surface area contributed by atoms with E-state index < -0.39 is 40.1 Å². The highest BCUT2D eigenvalue weighted by atomic mass is 19.4. The lowest BCUT2D eigenvalue weighted by Crippen LogP contribution is -2.44. The van der Waals surface area contributed by atoms with Gasteiger partial charge in [0.1, 0.15) is 29.5 Å². The van der Waals surface area contributed by atoms with Crippen molar-refractivity contribution in [3.8, 4) is 18.2 Å². The molecular weight excluding hydrogens is 766 g/mol. The highest BCUT2D eigenvalue weighted by molar-refractivity contribution is 6.18. The Kier molecular flexibility index (Phi) is 13.2. The molecule has 10 nitrogen and oxygen atoms in total. The molecule has 0 radical (unpaired) electrons. The molecule has 4 aromatic carbocycles. The zero-order valence-corrected chi connectivity index (χ0v) is 34.4. The van der Waals surface area contributed by atoms with Gasteiger partial charge >= 0.3 is 6.18 Å². The third-order valence-corrected chi connectivity index (χ3v) is 10.4. The lowest BCUT2D eigenvalue weighted by Gasteiger charge is -2.29. The average molecular weight is 809 g/mol. The number of hydrogen-bond donors (Lipinski definition) is 0. The van der Waals surface area contributed by atoms with Crippen LogP contribution in [0, 0.1) is 47.8 Å². The second kappa shape index (κ2) is 18.1. The third kappa shape index (κ3) is 8.89. The van der Waals surface area contributed by atoms with Crippen molar-refractivity contribution in [3.63, 3.8) is 0 Å². The largest absolute Gasteiger partial charge is 0.418 e. The van der Waals surface area contributed by atoms with Gasteiger partial charge in [-0.3, -0.25) is 14.5 Å². The molecule has 0 aromatic heterocycles. The van der Waals surface area contributed by atoms with E-state index in [-0.39, 0.29) is 6.54 Å². The van der Waals surface area contributed by atoms with Crippen molar-refractivity contribution < 1.29 is 22.8 Å². The molecule has 2 aliphatic heterocycles. The highest BCUT2D eigenvalue weighted by Crippen LogP contribution is 2.47. The molecule has 0 saturated heterocycles. The first kappa shape index (κ1) is 43.8. The molecule has 0 aliphatic carbocycles. The molecule has 0 spiro atoms. The van der Waals surface area contributed by atoms with Gasteiger partial charge in [0.25, 0.3) is 11.8 Å². The van der Waals surface area contributed by atoms with Crippen LogP contribution in [-0.4, -0.2) is 43.0 Å². The number of nitrogens with zero attached hydrogens (tertiary/aromatic N) is 8. The molecule has 2 amide bonds. The van der Waals surface area contributed by atoms with Gasteiger partial charge in [0.2, 0.25) is 0 Å². The zero-order chi connectivity index (χ0) is 43.9. The number of nitriles is 3. The number of hydrogen-bond acceptors (Lipinski definition) is 9. The summed E-state index contributed by atoms with van der Waals surface area (Å²) < 4.78 is 42.2. The Morgan fingerprint density at radius 3 is 1.97 bits per heavy atom. The van der Waals surface area contributed by atoms with Crippen molar-refractivity contribution in [2.24, 2.45) is 10.2 Å². The molecule has 0 bridgehead atoms. The number of carbonyl (C=O) groups is 2. The van der Waals surface area contributed by atoms with Gasteiger partial charge in [0.05, 0.1) is 34.5 Å². The number of alkyl halides is 3. The first-order chi connectivity index (χ1) is 28.5. The maximum Gasteiger partial charge on any atom is 0.418 e. The summed E-state index contributed by atoms with van der Waals surface area (Å²) in [6, 6.07) is 31.0. The van der Waals surface area contributed by atoms with E-state index in [9.17, 15) is 38.5 Å². The molecule has 60 heavy (non-hydrogen) atoms. The Bertz CT molecular complexity index is 2550. The number of benzene rings is 4. The number of likely N-dealkylation sites (N-methyl/N-ethyl adjacent to an activating group) is 1. The van der Waals surface area contributed by atoms with Crippen LogP contribution in [-0.2, 0) is 21.5 Å². The number of para-hydroxylation sites is 1. The predicted molar refractivity (Wildman–Crippen MR) is 224 cm³/mol. The SMILES string of the molecule is CCN(CC)c1ccc(N=Nc2c(C#N)cc(C)cc2C#N)c(C)c1.CN1C(=C/C=C2\C(=O)N(Cc3ccccc3)C(=O)C(C#N)=C2C(F)(F)F)C(C)(C)c2ccccc21. The maximum absolute atomic E-state index is 14.1. The molecule has 4 aromatic rings. The van der Waals surface area contributed by atoms with Crippen molar-refractivity contribution >= 4 is 34.6 Å². The van der Waals surface area contributed by atoms with E-state index in [0.717, 1.165) is 52.9 Å². The van der Waals surface area contributed by atoms with Crippen LogP contribution in [0.25, 0.3) is 0 Å². The second-order valence-corrected chi connectivity index (χ2v) is 14.7. The van der Waals surface area contributed by atoms with Gasteiger partial charge in [-0.1, -0.05) is 62.4 Å². The number of azo groups is 1. The van der Waals surface area contributed by atoms with E-state index in [1.165, 1.54) is 12.1 Å². The molecule has 13 heteroatoms. The second-order valence-electron chi connectivity index (χ2n) is 14.7. The fourth-order valence-electron chi connectivity index (χ4n) is 7.35. The molecule has 6 rings (SSSR count). The van der Waals surface area contributed by atoms with Crippen molar-refractivity contribution in [2.45, 2.75) is 59.7 Å². The van der Waals surface area contributed by atoms with Crippen molar-refractivity contribution in [1.29, 1.82) is 15.8 Å². The van der Waals surface area contributed by atoms with Crippen LogP contribution in [0.1, 0.15) is 61.1 Å². The van der Waals surface area contributed by atoms with Gasteiger partial charge in [0, 0.05) is 42.6 Å². The van der Waals surface area contributed by atoms with Crippen LogP contribution < -0.4 is 9.80 Å². The number of amides is 2. The molecule has 0 saturated carbocycles. The van der Waals surface area contributed by atoms with Gasteiger partial charge in [-0.25, -0.2) is 0 Å². The summed E-state index contributed by atoms with van der Waals surface area (Å²) >= 11 is 0. The van der Waals surface area contributed by atoms with Crippen LogP contribution >= 0.6 is 0 Å².